The van der Waals surface area contributed by atoms with Gasteiger partial charge in [-0.3, -0.25) is 9.78 Å². The molecule has 2 rings (SSSR count). The van der Waals surface area contributed by atoms with Crippen molar-refractivity contribution in [3.8, 4) is 0 Å². The first-order chi connectivity index (χ1) is 9.20. The number of thiophene rings is 1. The van der Waals surface area contributed by atoms with Crippen LogP contribution in [0.5, 0.6) is 0 Å². The minimum absolute atomic E-state index is 0.0108. The zero-order chi connectivity index (χ0) is 13.7. The van der Waals surface area contributed by atoms with Crippen LogP contribution in [0.15, 0.2) is 35.2 Å². The lowest BCUT2D eigenvalue weighted by atomic mass is 10.2. The second-order valence-electron chi connectivity index (χ2n) is 4.21. The number of hydrogen-bond donors (Lipinski definition) is 2. The van der Waals surface area contributed by atoms with E-state index in [4.69, 9.17) is 0 Å². The first-order valence-corrected chi connectivity index (χ1v) is 7.18. The summed E-state index contributed by atoms with van der Waals surface area (Å²) in [4.78, 5) is 16.2. The van der Waals surface area contributed by atoms with Crippen LogP contribution < -0.4 is 10.6 Å². The molecule has 0 aliphatic carbocycles. The molecule has 1 amide bonds. The molecule has 0 saturated carbocycles. The Bertz CT molecular complexity index is 539. The lowest BCUT2D eigenvalue weighted by Gasteiger charge is -2.12. The van der Waals surface area contributed by atoms with Gasteiger partial charge in [-0.2, -0.15) is 11.3 Å². The van der Waals surface area contributed by atoms with E-state index in [9.17, 15) is 4.79 Å². The van der Waals surface area contributed by atoms with E-state index in [2.05, 4.69) is 15.6 Å². The Balaban J connectivity index is 2.05. The van der Waals surface area contributed by atoms with Gasteiger partial charge >= 0.3 is 0 Å². The number of nitrogens with zero attached hydrogens (tertiary/aromatic N) is 1. The molecular formula is C14H17N3OS. The Morgan fingerprint density at radius 2 is 2.32 bits per heavy atom. The molecule has 1 unspecified atom stereocenters. The van der Waals surface area contributed by atoms with E-state index in [1.807, 2.05) is 36.7 Å². The summed E-state index contributed by atoms with van der Waals surface area (Å²) in [5.74, 6) is -0.154. The summed E-state index contributed by atoms with van der Waals surface area (Å²) < 4.78 is 0. The summed E-state index contributed by atoms with van der Waals surface area (Å²) in [6.07, 6.45) is 1.64. The first-order valence-electron chi connectivity index (χ1n) is 6.23. The molecule has 100 valence electrons. The molecule has 1 atom stereocenters. The Labute approximate surface area is 116 Å². The average Bonchev–Trinajstić information content (AvgIpc) is 2.93. The van der Waals surface area contributed by atoms with Crippen LogP contribution in [0.25, 0.3) is 0 Å². The Morgan fingerprint density at radius 3 is 3.00 bits per heavy atom. The third-order valence-electron chi connectivity index (χ3n) is 2.76. The molecule has 0 aliphatic rings. The first kappa shape index (κ1) is 13.5. The van der Waals surface area contributed by atoms with E-state index in [-0.39, 0.29) is 11.9 Å². The van der Waals surface area contributed by atoms with Gasteiger partial charge in [-0.25, -0.2) is 0 Å². The molecule has 2 heterocycles. The van der Waals surface area contributed by atoms with Crippen molar-refractivity contribution in [3.63, 3.8) is 0 Å². The summed E-state index contributed by atoms with van der Waals surface area (Å²) in [5.41, 5.74) is 2.45. The normalized spacial score (nSPS) is 11.9. The van der Waals surface area contributed by atoms with Crippen molar-refractivity contribution in [1.82, 2.24) is 10.3 Å². The van der Waals surface area contributed by atoms with Crippen molar-refractivity contribution < 1.29 is 4.79 Å². The third kappa shape index (κ3) is 3.54. The van der Waals surface area contributed by atoms with E-state index in [0.29, 0.717) is 5.69 Å². The van der Waals surface area contributed by atoms with Crippen molar-refractivity contribution in [2.45, 2.75) is 19.9 Å². The Kier molecular flexibility index (Phi) is 4.52. The topological polar surface area (TPSA) is 54.0 Å². The fourth-order valence-corrected chi connectivity index (χ4v) is 2.50. The number of carbonyl (C=O) groups excluding carboxylic acids is 1. The molecule has 2 N–H and O–H groups in total. The average molecular weight is 275 g/mol. The molecule has 2 aromatic heterocycles. The van der Waals surface area contributed by atoms with Gasteiger partial charge in [0.2, 0.25) is 0 Å². The molecular weight excluding hydrogens is 258 g/mol. The summed E-state index contributed by atoms with van der Waals surface area (Å²) in [7, 11) is 0. The SMILES string of the molecule is CCNc1ccnc(C(=O)NC(C)c2ccsc2)c1. The molecule has 19 heavy (non-hydrogen) atoms. The maximum absolute atomic E-state index is 12.1. The summed E-state index contributed by atoms with van der Waals surface area (Å²) in [5, 5.41) is 10.1. The van der Waals surface area contributed by atoms with Gasteiger partial charge in [0.05, 0.1) is 6.04 Å². The predicted molar refractivity (Wildman–Crippen MR) is 78.6 cm³/mol. The number of pyridine rings is 1. The number of rotatable bonds is 5. The summed E-state index contributed by atoms with van der Waals surface area (Å²) >= 11 is 1.62. The van der Waals surface area contributed by atoms with Gasteiger partial charge in [0.25, 0.3) is 5.91 Å². The van der Waals surface area contributed by atoms with Crippen LogP contribution in [0.3, 0.4) is 0 Å². The maximum atomic E-state index is 12.1. The van der Waals surface area contributed by atoms with Gasteiger partial charge in [-0.15, -0.1) is 0 Å². The van der Waals surface area contributed by atoms with Crippen LogP contribution in [0.2, 0.25) is 0 Å². The second kappa shape index (κ2) is 6.33. The third-order valence-corrected chi connectivity index (χ3v) is 3.47. The van der Waals surface area contributed by atoms with E-state index in [0.717, 1.165) is 17.8 Å². The highest BCUT2D eigenvalue weighted by Crippen LogP contribution is 2.16. The van der Waals surface area contributed by atoms with Crippen LogP contribution in [0, 0.1) is 0 Å². The number of anilines is 1. The Morgan fingerprint density at radius 1 is 1.47 bits per heavy atom. The van der Waals surface area contributed by atoms with Gasteiger partial charge in [0.15, 0.2) is 0 Å². The van der Waals surface area contributed by atoms with Crippen LogP contribution in [-0.2, 0) is 0 Å². The minimum Gasteiger partial charge on any atom is -0.385 e. The maximum Gasteiger partial charge on any atom is 0.270 e. The van der Waals surface area contributed by atoms with Crippen LogP contribution in [-0.4, -0.2) is 17.4 Å². The highest BCUT2D eigenvalue weighted by atomic mass is 32.1. The molecule has 0 radical (unpaired) electrons. The molecule has 0 fully saturated rings. The van der Waals surface area contributed by atoms with Crippen molar-refractivity contribution in [2.75, 3.05) is 11.9 Å². The molecule has 5 heteroatoms. The Hall–Kier alpha value is -1.88. The number of hydrogen-bond acceptors (Lipinski definition) is 4. The highest BCUT2D eigenvalue weighted by molar-refractivity contribution is 7.07. The van der Waals surface area contributed by atoms with Crippen molar-refractivity contribution >= 4 is 22.9 Å². The quantitative estimate of drug-likeness (QED) is 0.881. The molecule has 0 bridgehead atoms. The van der Waals surface area contributed by atoms with Crippen molar-refractivity contribution in [2.24, 2.45) is 0 Å². The number of aromatic nitrogens is 1. The van der Waals surface area contributed by atoms with E-state index in [1.165, 1.54) is 0 Å². The number of carbonyl (C=O) groups is 1. The van der Waals surface area contributed by atoms with Gasteiger partial charge < -0.3 is 10.6 Å². The van der Waals surface area contributed by atoms with Crippen LogP contribution in [0.1, 0.15) is 35.9 Å². The largest absolute Gasteiger partial charge is 0.385 e. The highest BCUT2D eigenvalue weighted by Gasteiger charge is 2.13. The fourth-order valence-electron chi connectivity index (χ4n) is 1.74. The van der Waals surface area contributed by atoms with Gasteiger partial charge in [0.1, 0.15) is 5.69 Å². The minimum atomic E-state index is -0.154. The van der Waals surface area contributed by atoms with Gasteiger partial charge in [-0.1, -0.05) is 0 Å². The standard InChI is InChI=1S/C14H17N3OS/c1-3-15-12-4-6-16-13(8-12)14(18)17-10(2)11-5-7-19-9-11/h4-10H,3H2,1-2H3,(H,15,16)(H,17,18). The molecule has 0 aliphatic heterocycles. The second-order valence-corrected chi connectivity index (χ2v) is 4.99. The lowest BCUT2D eigenvalue weighted by molar-refractivity contribution is 0.0935. The van der Waals surface area contributed by atoms with Gasteiger partial charge in [-0.05, 0) is 48.4 Å². The molecule has 0 saturated heterocycles. The molecule has 2 aromatic rings. The number of amides is 1. The van der Waals surface area contributed by atoms with E-state index < -0.39 is 0 Å². The van der Waals surface area contributed by atoms with Crippen LogP contribution in [0.4, 0.5) is 5.69 Å². The van der Waals surface area contributed by atoms with Crippen molar-refractivity contribution in [1.29, 1.82) is 0 Å². The zero-order valence-electron chi connectivity index (χ0n) is 11.0. The smallest absolute Gasteiger partial charge is 0.270 e. The van der Waals surface area contributed by atoms with E-state index in [1.54, 1.807) is 23.6 Å². The molecule has 0 spiro atoms. The predicted octanol–water partition coefficient (Wildman–Crippen LogP) is 3.07. The monoisotopic (exact) mass is 275 g/mol. The fraction of sp³-hybridized carbons (Fsp3) is 0.286. The molecule has 0 aromatic carbocycles. The summed E-state index contributed by atoms with van der Waals surface area (Å²) in [6, 6.07) is 5.61. The summed E-state index contributed by atoms with van der Waals surface area (Å²) in [6.45, 7) is 4.79. The van der Waals surface area contributed by atoms with Crippen molar-refractivity contribution in [3.05, 3.63) is 46.4 Å². The molecule has 4 nitrogen and oxygen atoms in total. The number of nitrogens with one attached hydrogen (secondary N) is 2. The van der Waals surface area contributed by atoms with Gasteiger partial charge in [0, 0.05) is 18.4 Å². The van der Waals surface area contributed by atoms with Crippen LogP contribution >= 0.6 is 11.3 Å². The van der Waals surface area contributed by atoms with E-state index >= 15 is 0 Å². The zero-order valence-corrected chi connectivity index (χ0v) is 11.8. The lowest BCUT2D eigenvalue weighted by Crippen LogP contribution is -2.27.